The van der Waals surface area contributed by atoms with Crippen LogP contribution < -0.4 is 5.56 Å². The number of aromatic nitrogens is 1. The number of aryl methyl sites for hydroxylation is 3. The summed E-state index contributed by atoms with van der Waals surface area (Å²) >= 11 is 0. The van der Waals surface area contributed by atoms with Crippen LogP contribution >= 0.6 is 0 Å². The van der Waals surface area contributed by atoms with Crippen LogP contribution in [0.5, 0.6) is 0 Å². The molecule has 0 bridgehead atoms. The van der Waals surface area contributed by atoms with Crippen LogP contribution in [0.3, 0.4) is 0 Å². The Balaban J connectivity index is 0.00000320. The van der Waals surface area contributed by atoms with Gasteiger partial charge >= 0.3 is 5.97 Å². The van der Waals surface area contributed by atoms with Crippen molar-refractivity contribution < 1.29 is 9.53 Å². The van der Waals surface area contributed by atoms with E-state index in [2.05, 4.69) is 6.07 Å². The number of esters is 1. The Morgan fingerprint density at radius 1 is 1.03 bits per heavy atom. The standard InChI is InChI=1S/C24H22N2O3.CH4/c1-15-5-6-20(16(2)11-15)14-26-22(12-17(3)21(13-25)23(26)27)18-7-9-19(10-8-18)24(28)29-4;/h5-12H,14H2,1-4H3;1H4. The van der Waals surface area contributed by atoms with E-state index in [1.54, 1.807) is 35.8 Å². The van der Waals surface area contributed by atoms with Gasteiger partial charge < -0.3 is 9.30 Å². The Kier molecular flexibility index (Phi) is 6.97. The number of rotatable bonds is 4. The van der Waals surface area contributed by atoms with Gasteiger partial charge in [0.15, 0.2) is 0 Å². The lowest BCUT2D eigenvalue weighted by molar-refractivity contribution is 0.0600. The number of carbonyl (C=O) groups excluding carboxylic acids is 1. The van der Waals surface area contributed by atoms with Gasteiger partial charge in [0.1, 0.15) is 11.6 Å². The molecular weight excluding hydrogens is 376 g/mol. The van der Waals surface area contributed by atoms with Crippen LogP contribution in [0, 0.1) is 32.1 Å². The fourth-order valence-corrected chi connectivity index (χ4v) is 3.39. The van der Waals surface area contributed by atoms with Crippen molar-refractivity contribution in [2.75, 3.05) is 7.11 Å². The van der Waals surface area contributed by atoms with E-state index in [1.807, 2.05) is 38.1 Å². The third-order valence-electron chi connectivity index (χ3n) is 5.04. The van der Waals surface area contributed by atoms with E-state index in [1.165, 1.54) is 7.11 Å². The first-order chi connectivity index (χ1) is 13.8. The number of hydrogen-bond acceptors (Lipinski definition) is 4. The Morgan fingerprint density at radius 2 is 1.70 bits per heavy atom. The van der Waals surface area contributed by atoms with Crippen molar-refractivity contribution in [2.45, 2.75) is 34.7 Å². The van der Waals surface area contributed by atoms with Crippen LogP contribution in [0.1, 0.15) is 45.6 Å². The summed E-state index contributed by atoms with van der Waals surface area (Å²) in [5, 5.41) is 9.45. The maximum atomic E-state index is 13.1. The number of hydrogen-bond donors (Lipinski definition) is 0. The number of benzene rings is 2. The van der Waals surface area contributed by atoms with Crippen molar-refractivity contribution in [1.29, 1.82) is 5.26 Å². The smallest absolute Gasteiger partial charge is 0.337 e. The van der Waals surface area contributed by atoms with Crippen molar-refractivity contribution in [3.63, 3.8) is 0 Å². The van der Waals surface area contributed by atoms with E-state index in [4.69, 9.17) is 4.74 Å². The zero-order valence-corrected chi connectivity index (χ0v) is 16.9. The fraction of sp³-hybridized carbons (Fsp3) is 0.240. The number of methoxy groups -OCH3 is 1. The summed E-state index contributed by atoms with van der Waals surface area (Å²) in [6.45, 7) is 6.15. The molecule has 0 aliphatic heterocycles. The molecule has 2 aromatic carbocycles. The van der Waals surface area contributed by atoms with Crippen molar-refractivity contribution in [3.05, 3.63) is 92.3 Å². The molecule has 3 aromatic rings. The predicted molar refractivity (Wildman–Crippen MR) is 119 cm³/mol. The zero-order valence-electron chi connectivity index (χ0n) is 16.9. The molecule has 0 saturated heterocycles. The summed E-state index contributed by atoms with van der Waals surface area (Å²) < 4.78 is 6.37. The van der Waals surface area contributed by atoms with Gasteiger partial charge in [0, 0.05) is 0 Å². The molecule has 0 amide bonds. The molecule has 0 aliphatic carbocycles. The molecule has 0 atom stereocenters. The molecule has 0 aliphatic rings. The molecule has 3 rings (SSSR count). The van der Waals surface area contributed by atoms with Gasteiger partial charge in [-0.05, 0) is 61.2 Å². The summed E-state index contributed by atoms with van der Waals surface area (Å²) in [6.07, 6.45) is 0. The molecule has 30 heavy (non-hydrogen) atoms. The summed E-state index contributed by atoms with van der Waals surface area (Å²) in [5.74, 6) is -0.416. The highest BCUT2D eigenvalue weighted by molar-refractivity contribution is 5.89. The minimum absolute atomic E-state index is 0. The second-order valence-corrected chi connectivity index (χ2v) is 7.09. The Hall–Kier alpha value is -3.65. The van der Waals surface area contributed by atoms with Gasteiger partial charge in [0.2, 0.25) is 0 Å². The first-order valence-electron chi connectivity index (χ1n) is 9.25. The maximum absolute atomic E-state index is 13.1. The Bertz CT molecular complexity index is 1180. The summed E-state index contributed by atoms with van der Waals surface area (Å²) in [6, 6.07) is 16.9. The predicted octanol–water partition coefficient (Wildman–Crippen LogP) is 4.78. The van der Waals surface area contributed by atoms with Crippen molar-refractivity contribution >= 4 is 5.97 Å². The fourth-order valence-electron chi connectivity index (χ4n) is 3.39. The first-order valence-corrected chi connectivity index (χ1v) is 9.25. The molecule has 0 saturated carbocycles. The monoisotopic (exact) mass is 402 g/mol. The molecular formula is C25H26N2O3. The lowest BCUT2D eigenvalue weighted by atomic mass is 10.0. The third kappa shape index (κ3) is 4.33. The number of pyridine rings is 1. The third-order valence-corrected chi connectivity index (χ3v) is 5.04. The molecule has 0 radical (unpaired) electrons. The van der Waals surface area contributed by atoms with Gasteiger partial charge in [-0.25, -0.2) is 4.79 Å². The lowest BCUT2D eigenvalue weighted by Gasteiger charge is -2.17. The van der Waals surface area contributed by atoms with Crippen LogP contribution in [0.25, 0.3) is 11.3 Å². The van der Waals surface area contributed by atoms with Gasteiger partial charge in [-0.15, -0.1) is 0 Å². The van der Waals surface area contributed by atoms with Gasteiger partial charge in [0.05, 0.1) is 24.9 Å². The Labute approximate surface area is 177 Å². The second-order valence-electron chi connectivity index (χ2n) is 7.09. The van der Waals surface area contributed by atoms with Crippen LogP contribution in [0.4, 0.5) is 0 Å². The number of carbonyl (C=O) groups is 1. The highest BCUT2D eigenvalue weighted by Crippen LogP contribution is 2.23. The largest absolute Gasteiger partial charge is 0.465 e. The van der Waals surface area contributed by atoms with Gasteiger partial charge in [-0.2, -0.15) is 5.26 Å². The molecule has 0 fully saturated rings. The molecule has 1 aromatic heterocycles. The van der Waals surface area contributed by atoms with Crippen molar-refractivity contribution in [3.8, 4) is 17.3 Å². The summed E-state index contributed by atoms with van der Waals surface area (Å²) in [5.41, 5.74) is 5.62. The highest BCUT2D eigenvalue weighted by atomic mass is 16.5. The van der Waals surface area contributed by atoms with E-state index in [9.17, 15) is 14.9 Å². The van der Waals surface area contributed by atoms with E-state index in [-0.39, 0.29) is 18.5 Å². The summed E-state index contributed by atoms with van der Waals surface area (Å²) in [4.78, 5) is 24.8. The van der Waals surface area contributed by atoms with E-state index >= 15 is 0 Å². The van der Waals surface area contributed by atoms with E-state index < -0.39 is 5.97 Å². The van der Waals surface area contributed by atoms with Crippen LogP contribution in [0.2, 0.25) is 0 Å². The van der Waals surface area contributed by atoms with Crippen LogP contribution in [-0.2, 0) is 11.3 Å². The molecule has 5 heteroatoms. The van der Waals surface area contributed by atoms with Gasteiger partial charge in [-0.3, -0.25) is 4.79 Å². The SMILES string of the molecule is C.COC(=O)c1ccc(-c2cc(C)c(C#N)c(=O)n2Cc2ccc(C)cc2C)cc1. The Morgan fingerprint density at radius 3 is 2.27 bits per heavy atom. The van der Waals surface area contributed by atoms with E-state index in [0.717, 1.165) is 22.3 Å². The molecule has 154 valence electrons. The minimum atomic E-state index is -0.416. The molecule has 5 nitrogen and oxygen atoms in total. The summed E-state index contributed by atoms with van der Waals surface area (Å²) in [7, 11) is 1.34. The minimum Gasteiger partial charge on any atom is -0.465 e. The first kappa shape index (κ1) is 22.6. The average molecular weight is 402 g/mol. The quantitative estimate of drug-likeness (QED) is 0.589. The van der Waals surface area contributed by atoms with Crippen LogP contribution in [0.15, 0.2) is 53.3 Å². The number of ether oxygens (including phenoxy) is 1. The number of nitriles is 1. The maximum Gasteiger partial charge on any atom is 0.337 e. The topological polar surface area (TPSA) is 72.1 Å². The molecule has 0 N–H and O–H groups in total. The molecule has 1 heterocycles. The second kappa shape index (κ2) is 9.23. The normalized spacial score (nSPS) is 10.1. The van der Waals surface area contributed by atoms with Crippen LogP contribution in [-0.4, -0.2) is 17.6 Å². The van der Waals surface area contributed by atoms with E-state index in [0.29, 0.717) is 23.4 Å². The van der Waals surface area contributed by atoms with Crippen molar-refractivity contribution in [2.24, 2.45) is 0 Å². The highest BCUT2D eigenvalue weighted by Gasteiger charge is 2.15. The van der Waals surface area contributed by atoms with Gasteiger partial charge in [-0.1, -0.05) is 43.3 Å². The molecule has 0 unspecified atom stereocenters. The lowest BCUT2D eigenvalue weighted by Crippen LogP contribution is -2.26. The van der Waals surface area contributed by atoms with Crippen molar-refractivity contribution in [1.82, 2.24) is 4.57 Å². The molecule has 0 spiro atoms. The zero-order chi connectivity index (χ0) is 21.1. The van der Waals surface area contributed by atoms with Gasteiger partial charge in [0.25, 0.3) is 5.56 Å². The average Bonchev–Trinajstić information content (AvgIpc) is 2.71. The number of nitrogens with zero attached hydrogens (tertiary/aromatic N) is 2.